The van der Waals surface area contributed by atoms with Crippen LogP contribution in [0.4, 0.5) is 0 Å². The summed E-state index contributed by atoms with van der Waals surface area (Å²) in [5.41, 5.74) is 0. The normalized spacial score (nSPS) is 0. The van der Waals surface area contributed by atoms with Gasteiger partial charge in [-0.25, -0.2) is 0 Å². The molecule has 0 N–H and O–H groups in total. The molecule has 0 atom stereocenters. The minimum Gasteiger partial charge on any atom is 2.00 e. The first-order chi connectivity index (χ1) is 0. The molecular formula is H4CdS3TeZn. The fraction of sp³-hybridized carbons (Fsp3) is 0. The van der Waals surface area contributed by atoms with Gasteiger partial charge < -0.3 is 40.5 Å². The summed E-state index contributed by atoms with van der Waals surface area (Å²) in [6.07, 6.45) is 0. The van der Waals surface area contributed by atoms with Gasteiger partial charge in [0.05, 0.1) is 0 Å². The molecule has 0 spiro atoms. The average molecular weight is 406 g/mol. The van der Waals surface area contributed by atoms with Crippen LogP contribution in [0.15, 0.2) is 0 Å². The van der Waals surface area contributed by atoms with E-state index in [2.05, 4.69) is 0 Å². The van der Waals surface area contributed by atoms with Crippen LogP contribution in [0.1, 0.15) is 0 Å². The molecule has 0 fully saturated rings. The summed E-state index contributed by atoms with van der Waals surface area (Å²) in [6, 6.07) is 0. The van der Waals surface area contributed by atoms with Gasteiger partial charge >= 0.3 is 70.4 Å². The SMILES string of the molecule is [Cd+2].[S-2].[S-2].[S-2].[TeH4+2].[Zn+2]. The molecule has 6 heavy (non-hydrogen) atoms. The maximum absolute atomic E-state index is 0. The van der Waals surface area contributed by atoms with E-state index >= 15 is 0 Å². The predicted octanol–water partition coefficient (Wildman–Crippen LogP) is -1.46. The zero-order chi connectivity index (χ0) is 0. The smallest absolute Gasteiger partial charge is 2.00 e. The summed E-state index contributed by atoms with van der Waals surface area (Å²) in [6.45, 7) is 0. The van der Waals surface area contributed by atoms with Gasteiger partial charge in [0.2, 0.25) is 0 Å². The molecule has 0 aliphatic rings. The van der Waals surface area contributed by atoms with Crippen molar-refractivity contribution in [3.8, 4) is 0 Å². The maximum Gasteiger partial charge on any atom is 2.00 e. The zero-order valence-corrected chi connectivity index (χ0v) is 16.8. The van der Waals surface area contributed by atoms with Crippen LogP contribution in [0.3, 0.4) is 0 Å². The van der Waals surface area contributed by atoms with Crippen molar-refractivity contribution in [2.75, 3.05) is 0 Å². The largest absolute Gasteiger partial charge is 2.00 e. The van der Waals surface area contributed by atoms with E-state index in [0.29, 0.717) is 0 Å². The minimum absolute atomic E-state index is 0. The van der Waals surface area contributed by atoms with Crippen molar-refractivity contribution in [1.29, 1.82) is 0 Å². The van der Waals surface area contributed by atoms with Gasteiger partial charge in [-0.05, 0) is 0 Å². The van der Waals surface area contributed by atoms with Crippen molar-refractivity contribution in [2.24, 2.45) is 0 Å². The summed E-state index contributed by atoms with van der Waals surface area (Å²) in [5.74, 6) is 0. The Hall–Kier alpha value is 3.39. The van der Waals surface area contributed by atoms with Crippen molar-refractivity contribution in [1.82, 2.24) is 0 Å². The molecule has 6 heteroatoms. The number of rotatable bonds is 0. The van der Waals surface area contributed by atoms with Gasteiger partial charge in [-0.15, -0.1) is 0 Å². The van der Waals surface area contributed by atoms with Gasteiger partial charge in [0.15, 0.2) is 0 Å². The van der Waals surface area contributed by atoms with Crippen molar-refractivity contribution >= 4 is 64.2 Å². The first kappa shape index (κ1) is 57.6. The molecule has 0 aromatic rings. The molecule has 0 saturated heterocycles. The minimum atomic E-state index is 0. The third kappa shape index (κ3) is 26.3. The zero-order valence-electron chi connectivity index (χ0n) is 3.35. The first-order valence-corrected chi connectivity index (χ1v) is 0. The Bertz CT molecular complexity index is 10.8. The molecule has 0 aliphatic heterocycles. The van der Waals surface area contributed by atoms with Gasteiger partial charge in [-0.1, -0.05) is 0 Å². The maximum atomic E-state index is 0. The predicted molar refractivity (Wildman–Crippen MR) is 33.4 cm³/mol. The Morgan fingerprint density at radius 2 is 0.667 bits per heavy atom. The van der Waals surface area contributed by atoms with Gasteiger partial charge in [-0.2, -0.15) is 0 Å². The molecule has 0 radical (unpaired) electrons. The average Bonchev–Trinajstić information content (AvgIpc) is 0. The van der Waals surface area contributed by atoms with Crippen molar-refractivity contribution in [3.63, 3.8) is 0 Å². The Kier molecular flexibility index (Phi) is 383. The van der Waals surface area contributed by atoms with Crippen LogP contribution in [-0.2, 0) is 87.3 Å². The Labute approximate surface area is 109 Å². The molecule has 0 aliphatic carbocycles. The quantitative estimate of drug-likeness (QED) is 0.432. The van der Waals surface area contributed by atoms with E-state index in [0.717, 1.165) is 0 Å². The van der Waals surface area contributed by atoms with Crippen LogP contribution >= 0.6 is 0 Å². The van der Waals surface area contributed by atoms with Crippen LogP contribution in [0, 0.1) is 0 Å². The fourth-order valence-corrected chi connectivity index (χ4v) is 0. The molecule has 0 amide bonds. The monoisotopic (exact) mass is 408 g/mol. The van der Waals surface area contributed by atoms with E-state index in [1.54, 1.807) is 0 Å². The molecule has 0 aromatic carbocycles. The molecule has 0 heterocycles. The molecule has 0 bridgehead atoms. The van der Waals surface area contributed by atoms with Gasteiger partial charge in [-0.3, -0.25) is 0 Å². The summed E-state index contributed by atoms with van der Waals surface area (Å²) >= 11 is 0. The van der Waals surface area contributed by atoms with E-state index in [9.17, 15) is 0 Å². The molecule has 0 aromatic heterocycles. The van der Waals surface area contributed by atoms with Crippen LogP contribution < -0.4 is 0 Å². The summed E-state index contributed by atoms with van der Waals surface area (Å²) in [4.78, 5) is 0. The first-order valence-electron chi connectivity index (χ1n) is 0. The van der Waals surface area contributed by atoms with Gasteiger partial charge in [0, 0.05) is 0 Å². The third-order valence-corrected chi connectivity index (χ3v) is 0. The second-order valence-electron chi connectivity index (χ2n) is 0. The molecule has 0 rings (SSSR count). The summed E-state index contributed by atoms with van der Waals surface area (Å²) in [7, 11) is 0. The van der Waals surface area contributed by atoms with Crippen LogP contribution in [0.5, 0.6) is 0 Å². The number of hydrogen-bond donors (Lipinski definition) is 0. The number of hydrogen-bond acceptors (Lipinski definition) is 0. The molecular weight excluding hydrogens is 402 g/mol. The van der Waals surface area contributed by atoms with E-state index < -0.39 is 0 Å². The fourth-order valence-electron chi connectivity index (χ4n) is 0. The van der Waals surface area contributed by atoms with Crippen molar-refractivity contribution in [3.05, 3.63) is 0 Å². The van der Waals surface area contributed by atoms with E-state index in [1.807, 2.05) is 0 Å². The summed E-state index contributed by atoms with van der Waals surface area (Å²) < 4.78 is 0. The third-order valence-electron chi connectivity index (χ3n) is 0. The van der Waals surface area contributed by atoms with E-state index in [-0.39, 0.29) is 111 Å². The van der Waals surface area contributed by atoms with Gasteiger partial charge in [0.1, 0.15) is 0 Å². The standard InChI is InChI=1S/Cd.3S.H4Te.Zn/h;;;;1H4;/q+2;3*-2;2*+2. The van der Waals surface area contributed by atoms with Gasteiger partial charge in [0.25, 0.3) is 0 Å². The molecule has 32 valence electrons. The second-order valence-corrected chi connectivity index (χ2v) is 0. The van der Waals surface area contributed by atoms with E-state index in [1.165, 1.54) is 0 Å². The molecule has 0 unspecified atom stereocenters. The van der Waals surface area contributed by atoms with Crippen molar-refractivity contribution in [2.45, 2.75) is 0 Å². The van der Waals surface area contributed by atoms with Crippen LogP contribution in [0.2, 0.25) is 0 Å². The Morgan fingerprint density at radius 3 is 0.667 bits per heavy atom. The molecule has 0 saturated carbocycles. The Morgan fingerprint density at radius 1 is 0.667 bits per heavy atom. The Balaban J connectivity index is 0. The topological polar surface area (TPSA) is 0 Å². The summed E-state index contributed by atoms with van der Waals surface area (Å²) in [5, 5.41) is 0. The van der Waals surface area contributed by atoms with Crippen molar-refractivity contribution < 1.29 is 46.8 Å². The molecule has 0 nitrogen and oxygen atoms in total. The van der Waals surface area contributed by atoms with E-state index in [4.69, 9.17) is 0 Å². The second kappa shape index (κ2) is 39.9. The van der Waals surface area contributed by atoms with Crippen LogP contribution in [0.25, 0.3) is 0 Å². The van der Waals surface area contributed by atoms with Crippen LogP contribution in [-0.4, -0.2) is 23.7 Å².